The normalized spacial score (nSPS) is 16.3. The van der Waals surface area contributed by atoms with Crippen LogP contribution in [0.5, 0.6) is 11.5 Å². The molecule has 23 heavy (non-hydrogen) atoms. The highest BCUT2D eigenvalue weighted by atomic mass is 79.9. The van der Waals surface area contributed by atoms with Crippen LogP contribution in [-0.2, 0) is 0 Å². The first-order valence-corrected chi connectivity index (χ1v) is 7.65. The highest BCUT2D eigenvalue weighted by Gasteiger charge is 2.29. The lowest BCUT2D eigenvalue weighted by Crippen LogP contribution is -2.39. The van der Waals surface area contributed by atoms with Crippen LogP contribution in [0.25, 0.3) is 0 Å². The smallest absolute Gasteiger partial charge is 0.258 e. The summed E-state index contributed by atoms with van der Waals surface area (Å²) in [5.41, 5.74) is 1.85. The van der Waals surface area contributed by atoms with Crippen molar-refractivity contribution in [2.75, 3.05) is 12.4 Å². The largest absolute Gasteiger partial charge is 0.503 e. The zero-order chi connectivity index (χ0) is 16.7. The van der Waals surface area contributed by atoms with Gasteiger partial charge >= 0.3 is 0 Å². The summed E-state index contributed by atoms with van der Waals surface area (Å²) in [6, 6.07) is 6.06. The lowest BCUT2D eigenvalue weighted by molar-refractivity contribution is 0.0931. The number of nitrogens with one attached hydrogen (secondary N) is 2. The summed E-state index contributed by atoms with van der Waals surface area (Å²) in [4.78, 5) is 12.2. The summed E-state index contributed by atoms with van der Waals surface area (Å²) in [5.74, 6) is -0.808. The topological polar surface area (TPSA) is 70.6 Å². The number of aromatic hydroxyl groups is 1. The number of halogens is 2. The van der Waals surface area contributed by atoms with Gasteiger partial charge in [0.1, 0.15) is 12.0 Å². The second-order valence-corrected chi connectivity index (χ2v) is 5.96. The molecule has 0 saturated heterocycles. The minimum absolute atomic E-state index is 0.00814. The van der Waals surface area contributed by atoms with E-state index in [2.05, 4.69) is 26.6 Å². The molecule has 1 atom stereocenters. The predicted octanol–water partition coefficient (Wildman–Crippen LogP) is 3.46. The third-order valence-electron chi connectivity index (χ3n) is 3.84. The van der Waals surface area contributed by atoms with E-state index in [1.165, 1.54) is 19.2 Å². The fraction of sp³-hybridized carbons (Fsp3) is 0.188. The molecule has 1 unspecified atom stereocenters. The average molecular weight is 381 g/mol. The summed E-state index contributed by atoms with van der Waals surface area (Å²) >= 11 is 3.32. The van der Waals surface area contributed by atoms with E-state index in [1.807, 2.05) is 0 Å². The maximum absolute atomic E-state index is 13.8. The number of carbonyl (C=O) groups excluding carboxylic acids is 1. The third-order valence-corrected chi connectivity index (χ3v) is 4.81. The molecule has 0 radical (unpaired) electrons. The van der Waals surface area contributed by atoms with E-state index in [-0.39, 0.29) is 17.1 Å². The summed E-state index contributed by atoms with van der Waals surface area (Å²) < 4.78 is 19.4. The number of phenolic OH excluding ortho intramolecular Hbond substituents is 1. The van der Waals surface area contributed by atoms with Crippen molar-refractivity contribution in [2.24, 2.45) is 0 Å². The molecule has 1 aliphatic rings. The van der Waals surface area contributed by atoms with Gasteiger partial charge in [0, 0.05) is 5.56 Å². The molecule has 0 bridgehead atoms. The second kappa shape index (κ2) is 5.73. The lowest BCUT2D eigenvalue weighted by Gasteiger charge is -2.30. The molecule has 120 valence electrons. The number of anilines is 1. The summed E-state index contributed by atoms with van der Waals surface area (Å²) in [6.45, 7) is 1.80. The van der Waals surface area contributed by atoms with Gasteiger partial charge in [0.15, 0.2) is 11.5 Å². The minimum atomic E-state index is -0.577. The summed E-state index contributed by atoms with van der Waals surface area (Å²) in [5, 5.41) is 15.8. The van der Waals surface area contributed by atoms with Gasteiger partial charge in [0.2, 0.25) is 0 Å². The number of fused-ring (bicyclic) bond motifs is 1. The number of carbonyl (C=O) groups is 1. The Hall–Kier alpha value is -2.28. The molecule has 0 spiro atoms. The summed E-state index contributed by atoms with van der Waals surface area (Å²) in [7, 11) is 1.44. The Labute approximate surface area is 140 Å². The van der Waals surface area contributed by atoms with E-state index in [0.717, 1.165) is 5.56 Å². The SMILES string of the molecule is COc1cc(C2NC(=O)c3c(F)cccc3N2)c(C)c(Br)c1O. The number of phenols is 1. The Bertz CT molecular complexity index is 810. The van der Waals surface area contributed by atoms with E-state index in [9.17, 15) is 14.3 Å². The second-order valence-electron chi connectivity index (χ2n) is 5.17. The number of benzene rings is 2. The number of hydrogen-bond donors (Lipinski definition) is 3. The number of hydrogen-bond acceptors (Lipinski definition) is 4. The van der Waals surface area contributed by atoms with Gasteiger partial charge in [-0.2, -0.15) is 0 Å². The van der Waals surface area contributed by atoms with Crippen LogP contribution in [0.15, 0.2) is 28.7 Å². The van der Waals surface area contributed by atoms with E-state index in [1.54, 1.807) is 19.1 Å². The van der Waals surface area contributed by atoms with Gasteiger partial charge in [-0.3, -0.25) is 4.79 Å². The number of ether oxygens (including phenoxy) is 1. The van der Waals surface area contributed by atoms with Crippen molar-refractivity contribution in [1.29, 1.82) is 0 Å². The highest BCUT2D eigenvalue weighted by Crippen LogP contribution is 2.41. The van der Waals surface area contributed by atoms with Crippen LogP contribution in [0.1, 0.15) is 27.7 Å². The molecule has 7 heteroatoms. The first-order chi connectivity index (χ1) is 10.9. The Morgan fingerprint density at radius 2 is 2.09 bits per heavy atom. The fourth-order valence-corrected chi connectivity index (χ4v) is 3.04. The molecule has 3 N–H and O–H groups in total. The van der Waals surface area contributed by atoms with Crippen LogP contribution in [0.2, 0.25) is 0 Å². The van der Waals surface area contributed by atoms with Gasteiger partial charge in [-0.15, -0.1) is 0 Å². The molecule has 1 amide bonds. The zero-order valence-electron chi connectivity index (χ0n) is 12.4. The maximum atomic E-state index is 13.8. The first kappa shape index (κ1) is 15.6. The van der Waals surface area contributed by atoms with Gasteiger partial charge in [0.25, 0.3) is 5.91 Å². The van der Waals surface area contributed by atoms with E-state index >= 15 is 0 Å². The van der Waals surface area contributed by atoms with E-state index < -0.39 is 17.9 Å². The molecule has 1 aliphatic heterocycles. The molecule has 0 aromatic heterocycles. The molecular weight excluding hydrogens is 367 g/mol. The van der Waals surface area contributed by atoms with E-state index in [4.69, 9.17) is 4.74 Å². The van der Waals surface area contributed by atoms with Crippen LogP contribution in [0.3, 0.4) is 0 Å². The Morgan fingerprint density at radius 1 is 1.35 bits per heavy atom. The van der Waals surface area contributed by atoms with Crippen LogP contribution in [-0.4, -0.2) is 18.1 Å². The van der Waals surface area contributed by atoms with E-state index in [0.29, 0.717) is 15.7 Å². The molecule has 3 rings (SSSR count). The quantitative estimate of drug-likeness (QED) is 0.745. The lowest BCUT2D eigenvalue weighted by atomic mass is 10.0. The van der Waals surface area contributed by atoms with Crippen molar-refractivity contribution in [1.82, 2.24) is 5.32 Å². The number of methoxy groups -OCH3 is 1. The fourth-order valence-electron chi connectivity index (χ4n) is 2.61. The van der Waals surface area contributed by atoms with Crippen molar-refractivity contribution in [3.8, 4) is 11.5 Å². The third kappa shape index (κ3) is 2.50. The van der Waals surface area contributed by atoms with Gasteiger partial charge in [-0.25, -0.2) is 4.39 Å². The van der Waals surface area contributed by atoms with Gasteiger partial charge in [-0.05, 0) is 46.6 Å². The van der Waals surface area contributed by atoms with Crippen molar-refractivity contribution in [3.05, 3.63) is 51.2 Å². The standard InChI is InChI=1S/C16H14BrFN2O3/c1-7-8(6-11(23-2)14(21)13(7)17)15-19-10-5-3-4-9(18)12(10)16(22)20-15/h3-6,15,19,21H,1-2H3,(H,20,22). The highest BCUT2D eigenvalue weighted by molar-refractivity contribution is 9.10. The molecule has 2 aromatic rings. The number of amides is 1. The molecule has 0 fully saturated rings. The average Bonchev–Trinajstić information content (AvgIpc) is 2.52. The van der Waals surface area contributed by atoms with Crippen molar-refractivity contribution in [2.45, 2.75) is 13.1 Å². The summed E-state index contributed by atoms with van der Waals surface area (Å²) in [6.07, 6.45) is -0.567. The van der Waals surface area contributed by atoms with Crippen LogP contribution in [0, 0.1) is 12.7 Å². The minimum Gasteiger partial charge on any atom is -0.503 e. The molecule has 5 nitrogen and oxygen atoms in total. The van der Waals surface area contributed by atoms with Crippen molar-refractivity contribution in [3.63, 3.8) is 0 Å². The number of rotatable bonds is 2. The Morgan fingerprint density at radius 3 is 2.78 bits per heavy atom. The Balaban J connectivity index is 2.08. The molecule has 1 heterocycles. The van der Waals surface area contributed by atoms with Gasteiger partial charge < -0.3 is 20.5 Å². The van der Waals surface area contributed by atoms with Crippen molar-refractivity contribution < 1.29 is 19.0 Å². The predicted molar refractivity (Wildman–Crippen MR) is 87.3 cm³/mol. The first-order valence-electron chi connectivity index (χ1n) is 6.86. The zero-order valence-corrected chi connectivity index (χ0v) is 14.0. The molecule has 0 aliphatic carbocycles. The molecule has 0 saturated carbocycles. The van der Waals surface area contributed by atoms with Crippen molar-refractivity contribution >= 4 is 27.5 Å². The maximum Gasteiger partial charge on any atom is 0.258 e. The van der Waals surface area contributed by atoms with Gasteiger partial charge in [-0.1, -0.05) is 6.07 Å². The molecule has 2 aromatic carbocycles. The van der Waals surface area contributed by atoms with Crippen LogP contribution < -0.4 is 15.4 Å². The monoisotopic (exact) mass is 380 g/mol. The van der Waals surface area contributed by atoms with Crippen LogP contribution in [0.4, 0.5) is 10.1 Å². The Kier molecular flexibility index (Phi) is 3.89. The van der Waals surface area contributed by atoms with Crippen LogP contribution >= 0.6 is 15.9 Å². The van der Waals surface area contributed by atoms with Gasteiger partial charge in [0.05, 0.1) is 22.8 Å². The molecular formula is C16H14BrFN2O3.